The quantitative estimate of drug-likeness (QED) is 0.808. The van der Waals surface area contributed by atoms with E-state index in [4.69, 9.17) is 11.5 Å². The van der Waals surface area contributed by atoms with Crippen LogP contribution in [0.5, 0.6) is 0 Å². The number of hydrogen-bond donors (Lipinski definition) is 2. The van der Waals surface area contributed by atoms with Gasteiger partial charge in [-0.3, -0.25) is 19.6 Å². The third kappa shape index (κ3) is 2.17. The Kier molecular flexibility index (Phi) is 3.01. The number of nitrogens with two attached hydrogens (primary N) is 2. The molecule has 0 aromatic carbocycles. The molecular weight excluding hydrogens is 232 g/mol. The number of nitrogens with zero attached hydrogens (tertiary/aromatic N) is 2. The van der Waals surface area contributed by atoms with E-state index in [0.29, 0.717) is 16.7 Å². The van der Waals surface area contributed by atoms with Crippen molar-refractivity contribution >= 4 is 11.8 Å². The van der Waals surface area contributed by atoms with Crippen molar-refractivity contribution in [2.75, 3.05) is 0 Å². The first-order valence-electron chi connectivity index (χ1n) is 5.09. The molecule has 0 bridgehead atoms. The van der Waals surface area contributed by atoms with Gasteiger partial charge in [-0.25, -0.2) is 0 Å². The van der Waals surface area contributed by atoms with E-state index >= 15 is 0 Å². The molecule has 18 heavy (non-hydrogen) atoms. The Morgan fingerprint density at radius 1 is 1.00 bits per heavy atom. The van der Waals surface area contributed by atoms with Crippen LogP contribution in [0.2, 0.25) is 0 Å². The molecule has 2 amide bonds. The summed E-state index contributed by atoms with van der Waals surface area (Å²) in [5.41, 5.74) is 12.1. The van der Waals surface area contributed by atoms with Crippen molar-refractivity contribution in [3.63, 3.8) is 0 Å². The Morgan fingerprint density at radius 2 is 1.78 bits per heavy atom. The average Bonchev–Trinajstić information content (AvgIpc) is 2.39. The fourth-order valence-electron chi connectivity index (χ4n) is 1.54. The topological polar surface area (TPSA) is 112 Å². The van der Waals surface area contributed by atoms with Gasteiger partial charge in [0.05, 0.1) is 5.56 Å². The van der Waals surface area contributed by atoms with E-state index in [9.17, 15) is 9.59 Å². The van der Waals surface area contributed by atoms with Crippen molar-refractivity contribution in [1.29, 1.82) is 0 Å². The molecule has 0 atom stereocenters. The van der Waals surface area contributed by atoms with Crippen LogP contribution in [0.4, 0.5) is 0 Å². The zero-order valence-corrected chi connectivity index (χ0v) is 9.33. The maximum absolute atomic E-state index is 11.3. The Bertz CT molecular complexity index is 608. The molecule has 0 radical (unpaired) electrons. The molecule has 2 heterocycles. The minimum Gasteiger partial charge on any atom is -0.366 e. The second-order valence-electron chi connectivity index (χ2n) is 3.58. The van der Waals surface area contributed by atoms with Crippen LogP contribution in [0.3, 0.4) is 0 Å². The third-order valence-electron chi connectivity index (χ3n) is 2.41. The van der Waals surface area contributed by atoms with E-state index in [0.717, 1.165) is 0 Å². The monoisotopic (exact) mass is 242 g/mol. The summed E-state index contributed by atoms with van der Waals surface area (Å²) in [6, 6.07) is 4.79. The van der Waals surface area contributed by atoms with Gasteiger partial charge in [0.2, 0.25) is 0 Å². The number of aromatic nitrogens is 2. The molecule has 0 unspecified atom stereocenters. The molecule has 0 aliphatic rings. The molecule has 0 saturated heterocycles. The van der Waals surface area contributed by atoms with Crippen LogP contribution in [-0.2, 0) is 0 Å². The largest absolute Gasteiger partial charge is 0.366 e. The van der Waals surface area contributed by atoms with Gasteiger partial charge in [0.25, 0.3) is 11.8 Å². The first-order chi connectivity index (χ1) is 8.59. The summed E-state index contributed by atoms with van der Waals surface area (Å²) in [5, 5.41) is 0. The zero-order chi connectivity index (χ0) is 13.1. The molecule has 2 rings (SSSR count). The molecule has 0 fully saturated rings. The fourth-order valence-corrected chi connectivity index (χ4v) is 1.54. The molecule has 2 aromatic rings. The predicted molar refractivity (Wildman–Crippen MR) is 64.5 cm³/mol. The Labute approximate surface area is 103 Å². The molecule has 6 heteroatoms. The normalized spacial score (nSPS) is 10.0. The molecule has 0 aliphatic carbocycles. The van der Waals surface area contributed by atoms with Crippen molar-refractivity contribution in [3.05, 3.63) is 48.0 Å². The first kappa shape index (κ1) is 11.7. The Balaban J connectivity index is 2.49. The standard InChI is InChI=1S/C12H10N4O2/c13-11(17)9-6-15-4-3-8(9)7-1-2-10(12(14)18)16-5-7/h1-6H,(H2,13,17)(H2,14,18). The van der Waals surface area contributed by atoms with Gasteiger partial charge < -0.3 is 11.5 Å². The second-order valence-corrected chi connectivity index (χ2v) is 3.58. The minimum atomic E-state index is -0.605. The minimum absolute atomic E-state index is 0.161. The molecule has 6 nitrogen and oxygen atoms in total. The van der Waals surface area contributed by atoms with Gasteiger partial charge in [0, 0.05) is 24.2 Å². The van der Waals surface area contributed by atoms with E-state index in [1.165, 1.54) is 18.5 Å². The summed E-state index contributed by atoms with van der Waals surface area (Å²) in [6.07, 6.45) is 4.39. The van der Waals surface area contributed by atoms with E-state index in [1.807, 2.05) is 0 Å². The summed E-state index contributed by atoms with van der Waals surface area (Å²) in [6.45, 7) is 0. The van der Waals surface area contributed by atoms with Crippen LogP contribution in [-0.4, -0.2) is 21.8 Å². The van der Waals surface area contributed by atoms with E-state index in [-0.39, 0.29) is 5.69 Å². The van der Waals surface area contributed by atoms with Gasteiger partial charge in [0.15, 0.2) is 0 Å². The summed E-state index contributed by atoms with van der Waals surface area (Å²) in [4.78, 5) is 29.9. The third-order valence-corrected chi connectivity index (χ3v) is 2.41. The van der Waals surface area contributed by atoms with Gasteiger partial charge in [-0.2, -0.15) is 0 Å². The zero-order valence-electron chi connectivity index (χ0n) is 9.33. The number of rotatable bonds is 3. The summed E-state index contributed by atoms with van der Waals surface area (Å²) >= 11 is 0. The lowest BCUT2D eigenvalue weighted by molar-refractivity contribution is 0.0989. The highest BCUT2D eigenvalue weighted by molar-refractivity contribution is 5.99. The van der Waals surface area contributed by atoms with Gasteiger partial charge in [0.1, 0.15) is 5.69 Å². The predicted octanol–water partition coefficient (Wildman–Crippen LogP) is 0.341. The van der Waals surface area contributed by atoms with Crippen molar-refractivity contribution in [2.24, 2.45) is 11.5 Å². The molecule has 4 N–H and O–H groups in total. The number of carbonyl (C=O) groups is 2. The van der Waals surface area contributed by atoms with E-state index in [2.05, 4.69) is 9.97 Å². The van der Waals surface area contributed by atoms with Crippen molar-refractivity contribution in [3.8, 4) is 11.1 Å². The lowest BCUT2D eigenvalue weighted by Gasteiger charge is -2.05. The van der Waals surface area contributed by atoms with Crippen molar-refractivity contribution < 1.29 is 9.59 Å². The summed E-state index contributed by atoms with van der Waals surface area (Å²) < 4.78 is 0. The van der Waals surface area contributed by atoms with Crippen LogP contribution in [0, 0.1) is 0 Å². The Morgan fingerprint density at radius 3 is 2.33 bits per heavy atom. The number of pyridine rings is 2. The van der Waals surface area contributed by atoms with Crippen LogP contribution in [0.15, 0.2) is 36.8 Å². The molecule has 2 aromatic heterocycles. The van der Waals surface area contributed by atoms with E-state index in [1.54, 1.807) is 18.3 Å². The summed E-state index contributed by atoms with van der Waals surface area (Å²) in [5.74, 6) is -1.18. The van der Waals surface area contributed by atoms with Gasteiger partial charge in [-0.05, 0) is 17.7 Å². The highest BCUT2D eigenvalue weighted by atomic mass is 16.1. The van der Waals surface area contributed by atoms with Crippen LogP contribution in [0.25, 0.3) is 11.1 Å². The number of primary amides is 2. The van der Waals surface area contributed by atoms with Crippen LogP contribution < -0.4 is 11.5 Å². The molecule has 0 aliphatic heterocycles. The highest BCUT2D eigenvalue weighted by Crippen LogP contribution is 2.21. The molecule has 0 saturated carbocycles. The molecule has 0 spiro atoms. The van der Waals surface area contributed by atoms with Gasteiger partial charge in [-0.1, -0.05) is 6.07 Å². The van der Waals surface area contributed by atoms with Crippen LogP contribution in [0.1, 0.15) is 20.8 Å². The van der Waals surface area contributed by atoms with E-state index < -0.39 is 11.8 Å². The maximum Gasteiger partial charge on any atom is 0.267 e. The second kappa shape index (κ2) is 4.62. The smallest absolute Gasteiger partial charge is 0.267 e. The molecule has 90 valence electrons. The highest BCUT2D eigenvalue weighted by Gasteiger charge is 2.10. The fraction of sp³-hybridized carbons (Fsp3) is 0. The maximum atomic E-state index is 11.3. The number of carbonyl (C=O) groups excluding carboxylic acids is 2. The summed E-state index contributed by atoms with van der Waals surface area (Å²) in [7, 11) is 0. The SMILES string of the molecule is NC(=O)c1ccc(-c2ccncc2C(N)=O)cn1. The van der Waals surface area contributed by atoms with Crippen molar-refractivity contribution in [1.82, 2.24) is 9.97 Å². The van der Waals surface area contributed by atoms with Gasteiger partial charge >= 0.3 is 0 Å². The van der Waals surface area contributed by atoms with Crippen LogP contribution >= 0.6 is 0 Å². The van der Waals surface area contributed by atoms with Crippen molar-refractivity contribution in [2.45, 2.75) is 0 Å². The lowest BCUT2D eigenvalue weighted by atomic mass is 10.0. The lowest BCUT2D eigenvalue weighted by Crippen LogP contribution is -2.14. The average molecular weight is 242 g/mol. The van der Waals surface area contributed by atoms with Gasteiger partial charge in [-0.15, -0.1) is 0 Å². The number of amides is 2. The Hall–Kier alpha value is -2.76. The number of hydrogen-bond acceptors (Lipinski definition) is 4. The first-order valence-corrected chi connectivity index (χ1v) is 5.09. The molecular formula is C12H10N4O2.